The van der Waals surface area contributed by atoms with Crippen molar-refractivity contribution in [3.8, 4) is 11.5 Å². The van der Waals surface area contributed by atoms with Crippen LogP contribution >= 0.6 is 0 Å². The van der Waals surface area contributed by atoms with Gasteiger partial charge in [-0.2, -0.15) is 0 Å². The lowest BCUT2D eigenvalue weighted by Crippen LogP contribution is -2.12. The fraction of sp³-hybridized carbons (Fsp3) is 0.385. The molecule has 0 saturated carbocycles. The van der Waals surface area contributed by atoms with Crippen LogP contribution in [0, 0.1) is 0 Å². The van der Waals surface area contributed by atoms with Gasteiger partial charge < -0.3 is 15.2 Å². The van der Waals surface area contributed by atoms with E-state index >= 15 is 0 Å². The molecule has 0 fully saturated rings. The first-order valence-corrected chi connectivity index (χ1v) is 5.46. The summed E-state index contributed by atoms with van der Waals surface area (Å²) in [6, 6.07) is 5.74. The zero-order valence-electron chi connectivity index (χ0n) is 9.90. The molecule has 0 heterocycles. The first-order valence-electron chi connectivity index (χ1n) is 5.46. The summed E-state index contributed by atoms with van der Waals surface area (Å²) in [5, 5.41) is 0. The van der Waals surface area contributed by atoms with Crippen molar-refractivity contribution in [1.82, 2.24) is 0 Å². The highest BCUT2D eigenvalue weighted by atomic mass is 16.5. The van der Waals surface area contributed by atoms with E-state index in [1.807, 2.05) is 32.0 Å². The molecule has 0 aliphatic rings. The Bertz CT molecular complexity index is 350. The first-order chi connectivity index (χ1) is 7.72. The monoisotopic (exact) mass is 221 g/mol. The van der Waals surface area contributed by atoms with Crippen LogP contribution in [0.5, 0.6) is 11.5 Å². The highest BCUT2D eigenvalue weighted by molar-refractivity contribution is 5.46. The van der Waals surface area contributed by atoms with Gasteiger partial charge in [0.15, 0.2) is 11.5 Å². The summed E-state index contributed by atoms with van der Waals surface area (Å²) in [6.07, 6.45) is 1.68. The summed E-state index contributed by atoms with van der Waals surface area (Å²) in [7, 11) is 0. The third kappa shape index (κ3) is 3.00. The predicted octanol–water partition coefficient (Wildman–Crippen LogP) is 2.50. The summed E-state index contributed by atoms with van der Waals surface area (Å²) >= 11 is 0. The summed E-state index contributed by atoms with van der Waals surface area (Å²) in [6.45, 7) is 8.59. The average molecular weight is 221 g/mol. The van der Waals surface area contributed by atoms with Gasteiger partial charge in [-0.1, -0.05) is 24.8 Å². The van der Waals surface area contributed by atoms with Crippen molar-refractivity contribution >= 4 is 0 Å². The van der Waals surface area contributed by atoms with Gasteiger partial charge in [-0.05, 0) is 19.9 Å². The SMILES string of the molecule is C=CC(C)Oc1c(CN)cccc1OCC. The largest absolute Gasteiger partial charge is 0.490 e. The Morgan fingerprint density at radius 1 is 1.50 bits per heavy atom. The molecule has 0 aliphatic carbocycles. The van der Waals surface area contributed by atoms with E-state index in [1.54, 1.807) is 6.08 Å². The quantitative estimate of drug-likeness (QED) is 0.751. The fourth-order valence-electron chi connectivity index (χ4n) is 1.36. The van der Waals surface area contributed by atoms with E-state index in [1.165, 1.54) is 0 Å². The van der Waals surface area contributed by atoms with E-state index < -0.39 is 0 Å². The van der Waals surface area contributed by atoms with E-state index in [0.29, 0.717) is 13.2 Å². The van der Waals surface area contributed by atoms with Gasteiger partial charge >= 0.3 is 0 Å². The van der Waals surface area contributed by atoms with Gasteiger partial charge in [0.05, 0.1) is 6.61 Å². The topological polar surface area (TPSA) is 44.5 Å². The molecule has 16 heavy (non-hydrogen) atoms. The van der Waals surface area contributed by atoms with Gasteiger partial charge in [0.25, 0.3) is 0 Å². The lowest BCUT2D eigenvalue weighted by Gasteiger charge is -2.17. The Kier molecular flexibility index (Phi) is 4.86. The summed E-state index contributed by atoms with van der Waals surface area (Å²) in [5.41, 5.74) is 6.62. The van der Waals surface area contributed by atoms with Gasteiger partial charge in [0, 0.05) is 12.1 Å². The number of para-hydroxylation sites is 1. The second-order valence-electron chi connectivity index (χ2n) is 3.44. The smallest absolute Gasteiger partial charge is 0.166 e. The van der Waals surface area contributed by atoms with Crippen molar-refractivity contribution in [3.05, 3.63) is 36.4 Å². The Morgan fingerprint density at radius 2 is 2.25 bits per heavy atom. The van der Waals surface area contributed by atoms with Crippen molar-refractivity contribution in [3.63, 3.8) is 0 Å². The number of benzene rings is 1. The second-order valence-corrected chi connectivity index (χ2v) is 3.44. The minimum Gasteiger partial charge on any atom is -0.490 e. The summed E-state index contributed by atoms with van der Waals surface area (Å²) < 4.78 is 11.3. The van der Waals surface area contributed by atoms with Crippen molar-refractivity contribution in [2.24, 2.45) is 5.73 Å². The summed E-state index contributed by atoms with van der Waals surface area (Å²) in [4.78, 5) is 0. The summed E-state index contributed by atoms with van der Waals surface area (Å²) in [5.74, 6) is 1.46. The lowest BCUT2D eigenvalue weighted by atomic mass is 10.2. The van der Waals surface area contributed by atoms with Crippen LogP contribution in [0.2, 0.25) is 0 Å². The molecule has 0 amide bonds. The average Bonchev–Trinajstić information content (AvgIpc) is 2.31. The number of hydrogen-bond donors (Lipinski definition) is 1. The van der Waals surface area contributed by atoms with Crippen LogP contribution in [0.3, 0.4) is 0 Å². The van der Waals surface area contributed by atoms with Gasteiger partial charge in [-0.25, -0.2) is 0 Å². The molecule has 0 aliphatic heterocycles. The molecule has 1 aromatic rings. The third-order valence-corrected chi connectivity index (χ3v) is 2.22. The van der Waals surface area contributed by atoms with Crippen molar-refractivity contribution in [1.29, 1.82) is 0 Å². The number of hydrogen-bond acceptors (Lipinski definition) is 3. The molecule has 0 radical (unpaired) electrons. The maximum atomic E-state index is 5.75. The standard InChI is InChI=1S/C13H19NO2/c1-4-10(3)16-13-11(9-14)7-6-8-12(13)15-5-2/h4,6-8,10H,1,5,9,14H2,2-3H3. The van der Waals surface area contributed by atoms with E-state index in [9.17, 15) is 0 Å². The van der Waals surface area contributed by atoms with Gasteiger partial charge in [0.1, 0.15) is 6.10 Å². The molecule has 0 bridgehead atoms. The van der Waals surface area contributed by atoms with Crippen LogP contribution in [0.4, 0.5) is 0 Å². The Labute approximate surface area is 96.9 Å². The van der Waals surface area contributed by atoms with E-state index in [2.05, 4.69) is 6.58 Å². The molecule has 0 saturated heterocycles. The Balaban J connectivity index is 3.03. The maximum absolute atomic E-state index is 5.75. The van der Waals surface area contributed by atoms with Crippen LogP contribution in [0.15, 0.2) is 30.9 Å². The third-order valence-electron chi connectivity index (χ3n) is 2.22. The Hall–Kier alpha value is -1.48. The highest BCUT2D eigenvalue weighted by Gasteiger charge is 2.11. The number of rotatable bonds is 6. The normalized spacial score (nSPS) is 11.9. The van der Waals surface area contributed by atoms with Gasteiger partial charge in [-0.3, -0.25) is 0 Å². The van der Waals surface area contributed by atoms with Gasteiger partial charge in [0.2, 0.25) is 0 Å². The maximum Gasteiger partial charge on any atom is 0.166 e. The molecule has 1 unspecified atom stereocenters. The molecular formula is C13H19NO2. The molecule has 88 valence electrons. The Morgan fingerprint density at radius 3 is 2.81 bits per heavy atom. The molecule has 1 rings (SSSR count). The van der Waals surface area contributed by atoms with Crippen LogP contribution in [0.1, 0.15) is 19.4 Å². The van der Waals surface area contributed by atoms with Gasteiger partial charge in [-0.15, -0.1) is 0 Å². The zero-order chi connectivity index (χ0) is 12.0. The molecule has 2 N–H and O–H groups in total. The fourth-order valence-corrected chi connectivity index (χ4v) is 1.36. The number of ether oxygens (including phenoxy) is 2. The molecule has 1 atom stereocenters. The van der Waals surface area contributed by atoms with E-state index in [-0.39, 0.29) is 6.10 Å². The molecule has 0 aromatic heterocycles. The van der Waals surface area contributed by atoms with Crippen molar-refractivity contribution < 1.29 is 9.47 Å². The minimum atomic E-state index is -0.0630. The van der Waals surface area contributed by atoms with Crippen LogP contribution in [0.25, 0.3) is 0 Å². The molecule has 1 aromatic carbocycles. The van der Waals surface area contributed by atoms with E-state index in [4.69, 9.17) is 15.2 Å². The zero-order valence-corrected chi connectivity index (χ0v) is 9.90. The van der Waals surface area contributed by atoms with Crippen LogP contribution < -0.4 is 15.2 Å². The molecular weight excluding hydrogens is 202 g/mol. The highest BCUT2D eigenvalue weighted by Crippen LogP contribution is 2.32. The molecule has 0 spiro atoms. The first kappa shape index (κ1) is 12.6. The van der Waals surface area contributed by atoms with E-state index in [0.717, 1.165) is 17.1 Å². The molecule has 3 nitrogen and oxygen atoms in total. The minimum absolute atomic E-state index is 0.0630. The van der Waals surface area contributed by atoms with Crippen LogP contribution in [-0.2, 0) is 6.54 Å². The second kappa shape index (κ2) is 6.18. The molecule has 3 heteroatoms. The number of nitrogens with two attached hydrogens (primary N) is 1. The van der Waals surface area contributed by atoms with Crippen LogP contribution in [-0.4, -0.2) is 12.7 Å². The predicted molar refractivity (Wildman–Crippen MR) is 65.8 cm³/mol. The van der Waals surface area contributed by atoms with Crippen molar-refractivity contribution in [2.45, 2.75) is 26.5 Å². The van der Waals surface area contributed by atoms with Crippen molar-refractivity contribution in [2.75, 3.05) is 6.61 Å². The lowest BCUT2D eigenvalue weighted by molar-refractivity contribution is 0.243.